The highest BCUT2D eigenvalue weighted by Gasteiger charge is 2.17. The van der Waals surface area contributed by atoms with Gasteiger partial charge in [-0.05, 0) is 113 Å². The van der Waals surface area contributed by atoms with Crippen LogP contribution in [0.5, 0.6) is 0 Å². The Kier molecular flexibility index (Phi) is 7.20. The van der Waals surface area contributed by atoms with Crippen LogP contribution in [-0.4, -0.2) is 0 Å². The molecule has 9 rings (SSSR count). The van der Waals surface area contributed by atoms with Gasteiger partial charge in [-0.1, -0.05) is 48.5 Å². The number of hydrogen-bond donors (Lipinski definition) is 0. The van der Waals surface area contributed by atoms with Crippen LogP contribution in [0.3, 0.4) is 0 Å². The smallest absolute Gasteiger partial charge is 0.190 e. The third-order valence-electron chi connectivity index (χ3n) is 9.53. The lowest BCUT2D eigenvalue weighted by molar-refractivity contribution is 0.668. The van der Waals surface area contributed by atoms with Gasteiger partial charge in [-0.3, -0.25) is 0 Å². The highest BCUT2D eigenvalue weighted by Crippen LogP contribution is 2.40. The van der Waals surface area contributed by atoms with Crippen LogP contribution in [0.25, 0.3) is 75.8 Å². The molecule has 0 amide bonds. The first kappa shape index (κ1) is 30.9. The maximum Gasteiger partial charge on any atom is 0.190 e. The molecule has 0 aliphatic carbocycles. The van der Waals surface area contributed by atoms with E-state index in [4.69, 9.17) is 22.0 Å². The molecular formula is C46H23N5O2. The molecular weight excluding hydrogens is 655 g/mol. The van der Waals surface area contributed by atoms with Gasteiger partial charge >= 0.3 is 0 Å². The maximum absolute atomic E-state index is 9.81. The van der Waals surface area contributed by atoms with Gasteiger partial charge in [0.1, 0.15) is 22.3 Å². The Morgan fingerprint density at radius 3 is 1.42 bits per heavy atom. The number of rotatable bonds is 5. The SMILES string of the molecule is [C-]#[N+]c1cc(C#N)cc(N(c2ccc(-c3ccc4c(c3)oc3cc(C#N)ccc34)cc2)c2ccc(-c3ccc4c(c3)oc3cc([N+]#[C-])ccc34)cc2)c1. The van der Waals surface area contributed by atoms with Crippen molar-refractivity contribution in [3.63, 3.8) is 0 Å². The third-order valence-corrected chi connectivity index (χ3v) is 9.53. The summed E-state index contributed by atoms with van der Waals surface area (Å²) in [7, 11) is 0. The summed E-state index contributed by atoms with van der Waals surface area (Å²) in [6, 6.07) is 49.0. The average molecular weight is 678 g/mol. The molecule has 7 heteroatoms. The Morgan fingerprint density at radius 1 is 0.415 bits per heavy atom. The van der Waals surface area contributed by atoms with E-state index in [2.05, 4.69) is 34.0 Å². The van der Waals surface area contributed by atoms with Gasteiger partial charge in [-0.2, -0.15) is 10.5 Å². The molecule has 0 aliphatic rings. The number of benzene rings is 7. The largest absolute Gasteiger partial charge is 0.457 e. The second-order valence-corrected chi connectivity index (χ2v) is 12.6. The van der Waals surface area contributed by atoms with Gasteiger partial charge in [0.15, 0.2) is 11.4 Å². The molecule has 9 aromatic rings. The summed E-state index contributed by atoms with van der Waals surface area (Å²) < 4.78 is 12.3. The van der Waals surface area contributed by atoms with Gasteiger partial charge in [0.05, 0.1) is 30.8 Å². The van der Waals surface area contributed by atoms with Crippen LogP contribution in [0.4, 0.5) is 28.4 Å². The summed E-state index contributed by atoms with van der Waals surface area (Å²) in [5, 5.41) is 23.0. The normalized spacial score (nSPS) is 10.9. The second-order valence-electron chi connectivity index (χ2n) is 12.6. The minimum absolute atomic E-state index is 0.376. The number of anilines is 3. The fourth-order valence-corrected chi connectivity index (χ4v) is 6.95. The Hall–Kier alpha value is -8.10. The number of nitrogens with zero attached hydrogens (tertiary/aromatic N) is 5. The van der Waals surface area contributed by atoms with Crippen molar-refractivity contribution < 1.29 is 8.83 Å². The summed E-state index contributed by atoms with van der Waals surface area (Å²) in [5.41, 5.74) is 11.1. The molecule has 0 bridgehead atoms. The fourth-order valence-electron chi connectivity index (χ4n) is 6.95. The van der Waals surface area contributed by atoms with Crippen LogP contribution in [0, 0.1) is 35.8 Å². The van der Waals surface area contributed by atoms with Crippen LogP contribution < -0.4 is 4.90 Å². The second kappa shape index (κ2) is 12.3. The molecule has 0 N–H and O–H groups in total. The zero-order valence-corrected chi connectivity index (χ0v) is 27.8. The highest BCUT2D eigenvalue weighted by atomic mass is 16.3. The van der Waals surface area contributed by atoms with E-state index in [9.17, 15) is 10.5 Å². The number of furan rings is 2. The van der Waals surface area contributed by atoms with Crippen molar-refractivity contribution in [3.8, 4) is 34.4 Å². The van der Waals surface area contributed by atoms with Crippen LogP contribution in [0.1, 0.15) is 11.1 Å². The molecule has 2 heterocycles. The van der Waals surface area contributed by atoms with E-state index >= 15 is 0 Å². The van der Waals surface area contributed by atoms with E-state index in [-0.39, 0.29) is 0 Å². The molecule has 7 nitrogen and oxygen atoms in total. The predicted molar refractivity (Wildman–Crippen MR) is 209 cm³/mol. The summed E-state index contributed by atoms with van der Waals surface area (Å²) in [5.74, 6) is 0. The maximum atomic E-state index is 9.81. The van der Waals surface area contributed by atoms with E-state index < -0.39 is 0 Å². The lowest BCUT2D eigenvalue weighted by atomic mass is 10.0. The van der Waals surface area contributed by atoms with Gasteiger partial charge < -0.3 is 13.7 Å². The molecule has 0 unspecified atom stereocenters. The van der Waals surface area contributed by atoms with Crippen molar-refractivity contribution in [2.24, 2.45) is 0 Å². The molecule has 2 aromatic heterocycles. The molecule has 0 aliphatic heterocycles. The van der Waals surface area contributed by atoms with E-state index in [1.165, 1.54) is 0 Å². The van der Waals surface area contributed by atoms with E-state index in [0.29, 0.717) is 39.4 Å². The molecule has 244 valence electrons. The lowest BCUT2D eigenvalue weighted by Crippen LogP contribution is -2.10. The van der Waals surface area contributed by atoms with E-state index in [0.717, 1.165) is 66.3 Å². The van der Waals surface area contributed by atoms with Crippen molar-refractivity contribution in [3.05, 3.63) is 173 Å². The summed E-state index contributed by atoms with van der Waals surface area (Å²) >= 11 is 0. The van der Waals surface area contributed by atoms with Gasteiger partial charge in [0, 0.05) is 44.2 Å². The summed E-state index contributed by atoms with van der Waals surface area (Å²) in [6.07, 6.45) is 0. The molecule has 7 aromatic carbocycles. The van der Waals surface area contributed by atoms with E-state index in [1.54, 1.807) is 42.5 Å². The summed E-state index contributed by atoms with van der Waals surface area (Å²) in [6.45, 7) is 15.0. The van der Waals surface area contributed by atoms with Crippen LogP contribution in [-0.2, 0) is 0 Å². The standard InChI is InChI=1S/C46H23N5O2/c1-49-34-10-18-42-41-17-9-33(23-45(41)53-46(42)25-34)31-6-13-37(14-7-31)51(38-20-29(27-48)19-35(24-38)50-2)36-11-4-30(5-12-36)32-8-16-40-39-15-3-28(26-47)21-43(39)52-44(40)22-32/h3-25H. The average Bonchev–Trinajstić information content (AvgIpc) is 3.77. The molecule has 0 radical (unpaired) electrons. The summed E-state index contributed by atoms with van der Waals surface area (Å²) in [4.78, 5) is 9.20. The van der Waals surface area contributed by atoms with Crippen LogP contribution in [0.2, 0.25) is 0 Å². The first-order valence-electron chi connectivity index (χ1n) is 16.7. The van der Waals surface area contributed by atoms with Crippen LogP contribution >= 0.6 is 0 Å². The van der Waals surface area contributed by atoms with Gasteiger partial charge in [-0.15, -0.1) is 0 Å². The Morgan fingerprint density at radius 2 is 0.887 bits per heavy atom. The Balaban J connectivity index is 1.09. The Labute approximate surface area is 303 Å². The van der Waals surface area contributed by atoms with Crippen LogP contribution in [0.15, 0.2) is 148 Å². The number of fused-ring (bicyclic) bond motifs is 6. The first-order chi connectivity index (χ1) is 26.0. The third kappa shape index (κ3) is 5.36. The van der Waals surface area contributed by atoms with Gasteiger partial charge in [-0.25, -0.2) is 9.69 Å². The molecule has 0 saturated carbocycles. The predicted octanol–water partition coefficient (Wildman–Crippen LogP) is 13.1. The molecule has 0 saturated heterocycles. The quantitative estimate of drug-likeness (QED) is 0.169. The minimum Gasteiger partial charge on any atom is -0.457 e. The Bertz CT molecular complexity index is 2900. The highest BCUT2D eigenvalue weighted by molar-refractivity contribution is 6.07. The zero-order chi connectivity index (χ0) is 36.1. The molecule has 0 spiro atoms. The van der Waals surface area contributed by atoms with Crippen molar-refractivity contribution in [1.82, 2.24) is 0 Å². The number of nitriles is 2. The van der Waals surface area contributed by atoms with Crippen molar-refractivity contribution in [1.29, 1.82) is 10.5 Å². The fraction of sp³-hybridized carbons (Fsp3) is 0. The molecule has 53 heavy (non-hydrogen) atoms. The van der Waals surface area contributed by atoms with Gasteiger partial charge in [0.2, 0.25) is 0 Å². The molecule has 0 atom stereocenters. The molecule has 0 fully saturated rings. The van der Waals surface area contributed by atoms with Crippen molar-refractivity contribution in [2.45, 2.75) is 0 Å². The lowest BCUT2D eigenvalue weighted by Gasteiger charge is -2.26. The topological polar surface area (TPSA) is 85.8 Å². The van der Waals surface area contributed by atoms with Gasteiger partial charge in [0.25, 0.3) is 0 Å². The monoisotopic (exact) mass is 677 g/mol. The minimum atomic E-state index is 0.376. The zero-order valence-electron chi connectivity index (χ0n) is 27.8. The van der Waals surface area contributed by atoms with Crippen molar-refractivity contribution in [2.75, 3.05) is 4.90 Å². The number of hydrogen-bond acceptors (Lipinski definition) is 5. The van der Waals surface area contributed by atoms with Crippen molar-refractivity contribution >= 4 is 72.3 Å². The first-order valence-corrected chi connectivity index (χ1v) is 16.7. The van der Waals surface area contributed by atoms with E-state index in [1.807, 2.05) is 89.8 Å².